The Morgan fingerprint density at radius 1 is 1.06 bits per heavy atom. The van der Waals surface area contributed by atoms with Gasteiger partial charge < -0.3 is 5.32 Å². The minimum atomic E-state index is -0.0639. The van der Waals surface area contributed by atoms with Crippen LogP contribution in [0.3, 0.4) is 0 Å². The number of rotatable bonds is 9. The van der Waals surface area contributed by atoms with Crippen LogP contribution in [0.1, 0.15) is 65.2 Å². The predicted molar refractivity (Wildman–Crippen MR) is 75.7 cm³/mol. The number of hydrogen-bond donors (Lipinski definition) is 2. The van der Waals surface area contributed by atoms with Gasteiger partial charge >= 0.3 is 0 Å². The van der Waals surface area contributed by atoms with Crippen molar-refractivity contribution in [2.75, 3.05) is 6.54 Å². The molecule has 1 saturated heterocycles. The summed E-state index contributed by atoms with van der Waals surface area (Å²) in [5, 5.41) is 5.92. The fraction of sp³-hybridized carbons (Fsp3) is 0.857. The van der Waals surface area contributed by atoms with Gasteiger partial charge in [-0.1, -0.05) is 51.9 Å². The van der Waals surface area contributed by atoms with Crippen LogP contribution in [-0.2, 0) is 4.79 Å². The summed E-state index contributed by atoms with van der Waals surface area (Å²) in [6.07, 6.45) is 9.90. The summed E-state index contributed by atoms with van der Waals surface area (Å²) < 4.78 is 0. The van der Waals surface area contributed by atoms with Crippen molar-refractivity contribution in [3.05, 3.63) is 0 Å². The second-order valence-electron chi connectivity index (χ2n) is 4.92. The molecule has 1 rings (SSSR count). The van der Waals surface area contributed by atoms with Gasteiger partial charge in [-0.3, -0.25) is 15.1 Å². The summed E-state index contributed by atoms with van der Waals surface area (Å²) in [7, 11) is 0. The molecule has 0 bridgehead atoms. The summed E-state index contributed by atoms with van der Waals surface area (Å²) in [5.74, 6) is 0.726. The van der Waals surface area contributed by atoms with E-state index in [1.807, 2.05) is 6.92 Å². The number of carbonyl (C=O) groups excluding carboxylic acids is 1. The van der Waals surface area contributed by atoms with Gasteiger partial charge in [-0.15, -0.1) is 0 Å². The lowest BCUT2D eigenvalue weighted by Crippen LogP contribution is -2.29. The van der Waals surface area contributed by atoms with Crippen molar-refractivity contribution in [2.45, 2.75) is 71.3 Å². The first-order valence-corrected chi connectivity index (χ1v) is 7.39. The quantitative estimate of drug-likeness (QED) is 0.621. The molecule has 18 heavy (non-hydrogen) atoms. The van der Waals surface area contributed by atoms with Crippen molar-refractivity contribution in [3.63, 3.8) is 0 Å². The van der Waals surface area contributed by atoms with Crippen molar-refractivity contribution < 1.29 is 4.79 Å². The van der Waals surface area contributed by atoms with Crippen molar-refractivity contribution in [2.24, 2.45) is 4.99 Å². The van der Waals surface area contributed by atoms with Crippen LogP contribution in [-0.4, -0.2) is 24.5 Å². The Bertz CT molecular complexity index is 276. The van der Waals surface area contributed by atoms with E-state index in [-0.39, 0.29) is 11.9 Å². The summed E-state index contributed by atoms with van der Waals surface area (Å²) in [6.45, 7) is 4.90. The molecule has 1 aliphatic rings. The standard InChI is InChI=1S/C14H27N3O/c1-3-5-6-7-8-9-10-11-12-13(18)17-14(16-12)15-4-2/h12H,3-11H2,1-2H3,(H2,15,16,17,18). The number of nitrogens with zero attached hydrogens (tertiary/aromatic N) is 1. The molecule has 0 aliphatic carbocycles. The van der Waals surface area contributed by atoms with Gasteiger partial charge in [-0.25, -0.2) is 0 Å². The van der Waals surface area contributed by atoms with E-state index >= 15 is 0 Å². The van der Waals surface area contributed by atoms with Crippen molar-refractivity contribution in [3.8, 4) is 0 Å². The molecule has 0 aromatic heterocycles. The predicted octanol–water partition coefficient (Wildman–Crippen LogP) is 2.59. The van der Waals surface area contributed by atoms with Crippen LogP contribution in [0.5, 0.6) is 0 Å². The number of amides is 1. The number of unbranched alkanes of at least 4 members (excludes halogenated alkanes) is 6. The lowest BCUT2D eigenvalue weighted by molar-refractivity contribution is -0.120. The van der Waals surface area contributed by atoms with Gasteiger partial charge in [0.15, 0.2) is 5.96 Å². The zero-order valence-corrected chi connectivity index (χ0v) is 11.8. The van der Waals surface area contributed by atoms with E-state index in [9.17, 15) is 4.79 Å². The highest BCUT2D eigenvalue weighted by Gasteiger charge is 2.26. The molecule has 0 aromatic rings. The average molecular weight is 253 g/mol. The van der Waals surface area contributed by atoms with Crippen molar-refractivity contribution in [1.29, 1.82) is 0 Å². The first-order chi connectivity index (χ1) is 8.77. The van der Waals surface area contributed by atoms with Crippen LogP contribution in [0.15, 0.2) is 4.99 Å². The highest BCUT2D eigenvalue weighted by atomic mass is 16.2. The molecule has 0 saturated carbocycles. The molecule has 1 atom stereocenters. The Kier molecular flexibility index (Phi) is 7.46. The molecular weight excluding hydrogens is 226 g/mol. The van der Waals surface area contributed by atoms with E-state index in [4.69, 9.17) is 0 Å². The van der Waals surface area contributed by atoms with Crippen molar-refractivity contribution >= 4 is 11.9 Å². The van der Waals surface area contributed by atoms with Gasteiger partial charge in [0.05, 0.1) is 0 Å². The van der Waals surface area contributed by atoms with Gasteiger partial charge in [0.1, 0.15) is 6.04 Å². The lowest BCUT2D eigenvalue weighted by Gasteiger charge is -2.07. The molecule has 1 aliphatic heterocycles. The van der Waals surface area contributed by atoms with Gasteiger partial charge in [-0.05, 0) is 13.3 Å². The third-order valence-corrected chi connectivity index (χ3v) is 3.28. The maximum absolute atomic E-state index is 11.6. The van der Waals surface area contributed by atoms with E-state index in [2.05, 4.69) is 22.5 Å². The highest BCUT2D eigenvalue weighted by molar-refractivity contribution is 6.06. The molecule has 4 heteroatoms. The zero-order valence-electron chi connectivity index (χ0n) is 11.8. The molecule has 1 amide bonds. The van der Waals surface area contributed by atoms with Crippen LogP contribution in [0.4, 0.5) is 0 Å². The minimum Gasteiger partial charge on any atom is -0.344 e. The fourth-order valence-corrected chi connectivity index (χ4v) is 2.22. The second kappa shape index (κ2) is 8.95. The SMILES string of the molecule is CCCCCCCCCC1NC(=NCC)NC1=O. The number of carbonyl (C=O) groups is 1. The normalized spacial score (nSPS) is 21.1. The van der Waals surface area contributed by atoms with Crippen LogP contribution >= 0.6 is 0 Å². The molecule has 0 spiro atoms. The summed E-state index contributed by atoms with van der Waals surface area (Å²) in [6, 6.07) is -0.0639. The Morgan fingerprint density at radius 3 is 2.39 bits per heavy atom. The molecular formula is C14H27N3O. The number of hydrogen-bond acceptors (Lipinski definition) is 2. The fourth-order valence-electron chi connectivity index (χ4n) is 2.22. The van der Waals surface area contributed by atoms with Gasteiger partial charge in [0.2, 0.25) is 5.91 Å². The van der Waals surface area contributed by atoms with Crippen molar-refractivity contribution in [1.82, 2.24) is 10.6 Å². The third kappa shape index (κ3) is 5.52. The van der Waals surface area contributed by atoms with E-state index in [0.29, 0.717) is 12.5 Å². The zero-order chi connectivity index (χ0) is 13.2. The Hall–Kier alpha value is -1.06. The maximum atomic E-state index is 11.6. The number of guanidine groups is 1. The van der Waals surface area contributed by atoms with E-state index in [1.54, 1.807) is 0 Å². The maximum Gasteiger partial charge on any atom is 0.249 e. The monoisotopic (exact) mass is 253 g/mol. The van der Waals surface area contributed by atoms with Gasteiger partial charge in [0, 0.05) is 6.54 Å². The Balaban J connectivity index is 2.06. The number of nitrogens with one attached hydrogen (secondary N) is 2. The largest absolute Gasteiger partial charge is 0.344 e. The molecule has 4 nitrogen and oxygen atoms in total. The third-order valence-electron chi connectivity index (χ3n) is 3.28. The molecule has 1 unspecified atom stereocenters. The first-order valence-electron chi connectivity index (χ1n) is 7.39. The smallest absolute Gasteiger partial charge is 0.249 e. The molecule has 0 aromatic carbocycles. The summed E-state index contributed by atoms with van der Waals surface area (Å²) in [4.78, 5) is 15.8. The molecule has 1 fully saturated rings. The Labute approximate surface area is 111 Å². The molecule has 0 radical (unpaired) electrons. The number of aliphatic imine (C=N–C) groups is 1. The van der Waals surface area contributed by atoms with Crippen LogP contribution in [0, 0.1) is 0 Å². The average Bonchev–Trinajstić information content (AvgIpc) is 2.69. The topological polar surface area (TPSA) is 53.5 Å². The van der Waals surface area contributed by atoms with Gasteiger partial charge in [-0.2, -0.15) is 0 Å². The second-order valence-corrected chi connectivity index (χ2v) is 4.92. The molecule has 2 N–H and O–H groups in total. The van der Waals surface area contributed by atoms with Crippen LogP contribution in [0.2, 0.25) is 0 Å². The molecule has 1 heterocycles. The van der Waals surface area contributed by atoms with Crippen LogP contribution in [0.25, 0.3) is 0 Å². The molecule has 104 valence electrons. The van der Waals surface area contributed by atoms with E-state index < -0.39 is 0 Å². The van der Waals surface area contributed by atoms with E-state index in [0.717, 1.165) is 12.8 Å². The highest BCUT2D eigenvalue weighted by Crippen LogP contribution is 2.11. The minimum absolute atomic E-state index is 0.0639. The summed E-state index contributed by atoms with van der Waals surface area (Å²) in [5.41, 5.74) is 0. The Morgan fingerprint density at radius 2 is 1.72 bits per heavy atom. The van der Waals surface area contributed by atoms with Crippen LogP contribution < -0.4 is 10.6 Å². The first kappa shape index (κ1) is 15.0. The van der Waals surface area contributed by atoms with E-state index in [1.165, 1.54) is 38.5 Å². The summed E-state index contributed by atoms with van der Waals surface area (Å²) >= 11 is 0. The van der Waals surface area contributed by atoms with Gasteiger partial charge in [0.25, 0.3) is 0 Å². The lowest BCUT2D eigenvalue weighted by atomic mass is 10.1.